The summed E-state index contributed by atoms with van der Waals surface area (Å²) in [7, 11) is 0. The predicted molar refractivity (Wildman–Crippen MR) is 142 cm³/mol. The van der Waals surface area contributed by atoms with Crippen molar-refractivity contribution in [2.24, 2.45) is 52.3 Å². The molecule has 0 N–H and O–H groups in total. The minimum Gasteiger partial charge on any atom is -0.378 e. The van der Waals surface area contributed by atoms with E-state index in [4.69, 9.17) is 4.74 Å². The Morgan fingerprint density at radius 1 is 0.879 bits per heavy atom. The largest absolute Gasteiger partial charge is 0.378 e. The van der Waals surface area contributed by atoms with Gasteiger partial charge in [-0.1, -0.05) is 79.4 Å². The first kappa shape index (κ1) is 25.8. The Morgan fingerprint density at radius 3 is 2.36 bits per heavy atom. The van der Waals surface area contributed by atoms with Gasteiger partial charge in [-0.3, -0.25) is 0 Å². The predicted octanol–water partition coefficient (Wildman–Crippen LogP) is 9.46. The van der Waals surface area contributed by atoms with Crippen molar-refractivity contribution in [1.29, 1.82) is 0 Å². The Morgan fingerprint density at radius 2 is 1.64 bits per heavy atom. The molecule has 0 spiro atoms. The summed E-state index contributed by atoms with van der Waals surface area (Å²) in [6, 6.07) is 0. The molecule has 0 amide bonds. The van der Waals surface area contributed by atoms with Crippen LogP contribution in [-0.4, -0.2) is 12.7 Å². The molecule has 4 aliphatic rings. The van der Waals surface area contributed by atoms with Gasteiger partial charge in [0.25, 0.3) is 0 Å². The first-order valence-corrected chi connectivity index (χ1v) is 15.0. The molecule has 1 heteroatoms. The Labute approximate surface area is 206 Å². The van der Waals surface area contributed by atoms with E-state index in [-0.39, 0.29) is 0 Å². The molecule has 1 nitrogen and oxygen atoms in total. The van der Waals surface area contributed by atoms with Crippen molar-refractivity contribution in [2.75, 3.05) is 6.61 Å². The van der Waals surface area contributed by atoms with Gasteiger partial charge in [0, 0.05) is 6.61 Å². The summed E-state index contributed by atoms with van der Waals surface area (Å²) in [6.45, 7) is 18.3. The third-order valence-corrected chi connectivity index (χ3v) is 11.3. The van der Waals surface area contributed by atoms with Crippen LogP contribution in [0.4, 0.5) is 0 Å². The summed E-state index contributed by atoms with van der Waals surface area (Å²) in [6.07, 6.45) is 19.9. The highest BCUT2D eigenvalue weighted by atomic mass is 16.5. The smallest absolute Gasteiger partial charge is 0.0612 e. The maximum atomic E-state index is 6.36. The van der Waals surface area contributed by atoms with Crippen LogP contribution < -0.4 is 0 Å². The van der Waals surface area contributed by atoms with E-state index < -0.39 is 0 Å². The third kappa shape index (κ3) is 5.15. The number of rotatable bonds is 9. The van der Waals surface area contributed by atoms with Gasteiger partial charge in [0.2, 0.25) is 0 Å². The fourth-order valence-corrected chi connectivity index (χ4v) is 9.26. The van der Waals surface area contributed by atoms with E-state index in [1.165, 1.54) is 77.0 Å². The number of fused-ring (bicyclic) bond motifs is 5. The molecule has 0 saturated heterocycles. The van der Waals surface area contributed by atoms with Gasteiger partial charge in [0.05, 0.1) is 6.10 Å². The molecular weight excluding hydrogens is 400 g/mol. The number of ether oxygens (including phenoxy) is 1. The minimum absolute atomic E-state index is 0.461. The Balaban J connectivity index is 1.41. The number of hydrogen-bond donors (Lipinski definition) is 0. The normalized spacial score (nSPS) is 41.5. The number of allylic oxidation sites excluding steroid dienone is 1. The highest BCUT2D eigenvalue weighted by Gasteiger charge is 2.59. The lowest BCUT2D eigenvalue weighted by atomic mass is 9.47. The second kappa shape index (κ2) is 10.4. The molecule has 4 aliphatic carbocycles. The monoisotopic (exact) mass is 456 g/mol. The highest BCUT2D eigenvalue weighted by Crippen LogP contribution is 2.67. The van der Waals surface area contributed by atoms with Crippen LogP contribution in [0.5, 0.6) is 0 Å². The van der Waals surface area contributed by atoms with Crippen LogP contribution in [0.1, 0.15) is 126 Å². The molecule has 0 unspecified atom stereocenters. The topological polar surface area (TPSA) is 9.23 Å². The molecule has 0 aromatic rings. The summed E-state index contributed by atoms with van der Waals surface area (Å²) in [5.41, 5.74) is 2.85. The first-order chi connectivity index (χ1) is 15.6. The van der Waals surface area contributed by atoms with E-state index in [1.807, 2.05) is 0 Å². The maximum absolute atomic E-state index is 6.36. The van der Waals surface area contributed by atoms with Crippen LogP contribution >= 0.6 is 0 Å². The fourth-order valence-electron chi connectivity index (χ4n) is 9.26. The van der Waals surface area contributed by atoms with Crippen LogP contribution in [0, 0.1) is 52.3 Å². The van der Waals surface area contributed by atoms with Crippen LogP contribution in [0.25, 0.3) is 0 Å². The van der Waals surface area contributed by atoms with E-state index in [2.05, 4.69) is 54.5 Å². The fraction of sp³-hybridized carbons (Fsp3) is 0.938. The lowest BCUT2D eigenvalue weighted by Crippen LogP contribution is -2.51. The summed E-state index contributed by atoms with van der Waals surface area (Å²) in [5.74, 6) is 6.35. The van der Waals surface area contributed by atoms with Crippen molar-refractivity contribution in [2.45, 2.75) is 132 Å². The molecule has 190 valence electrons. The van der Waals surface area contributed by atoms with Crippen molar-refractivity contribution < 1.29 is 4.74 Å². The van der Waals surface area contributed by atoms with Crippen molar-refractivity contribution in [3.8, 4) is 0 Å². The summed E-state index contributed by atoms with van der Waals surface area (Å²) < 4.78 is 6.36. The second-order valence-corrected chi connectivity index (χ2v) is 14.2. The average Bonchev–Trinajstić information content (AvgIpc) is 3.10. The molecule has 0 aliphatic heterocycles. The average molecular weight is 457 g/mol. The molecule has 33 heavy (non-hydrogen) atoms. The van der Waals surface area contributed by atoms with Crippen LogP contribution in [0.15, 0.2) is 11.6 Å². The van der Waals surface area contributed by atoms with Crippen LogP contribution in [0.3, 0.4) is 0 Å². The Hall–Kier alpha value is -0.300. The minimum atomic E-state index is 0.461. The molecule has 0 aromatic carbocycles. The van der Waals surface area contributed by atoms with Gasteiger partial charge >= 0.3 is 0 Å². The second-order valence-electron chi connectivity index (χ2n) is 14.2. The van der Waals surface area contributed by atoms with E-state index in [0.29, 0.717) is 16.9 Å². The lowest BCUT2D eigenvalue weighted by Gasteiger charge is -2.58. The van der Waals surface area contributed by atoms with E-state index >= 15 is 0 Å². The molecule has 0 heterocycles. The first-order valence-electron chi connectivity index (χ1n) is 15.0. The van der Waals surface area contributed by atoms with Crippen molar-refractivity contribution in [1.82, 2.24) is 0 Å². The summed E-state index contributed by atoms with van der Waals surface area (Å²) in [4.78, 5) is 0. The van der Waals surface area contributed by atoms with Gasteiger partial charge in [-0.2, -0.15) is 0 Å². The molecule has 0 radical (unpaired) electrons. The highest BCUT2D eigenvalue weighted by molar-refractivity contribution is 5.25. The van der Waals surface area contributed by atoms with Crippen molar-refractivity contribution >= 4 is 0 Å². The molecule has 0 bridgehead atoms. The van der Waals surface area contributed by atoms with Gasteiger partial charge in [-0.15, -0.1) is 0 Å². The van der Waals surface area contributed by atoms with Crippen LogP contribution in [-0.2, 0) is 4.74 Å². The lowest BCUT2D eigenvalue weighted by molar-refractivity contribution is -0.0644. The van der Waals surface area contributed by atoms with Gasteiger partial charge < -0.3 is 4.74 Å². The molecule has 0 aromatic heterocycles. The molecule has 8 atom stereocenters. The van der Waals surface area contributed by atoms with Gasteiger partial charge in [0.15, 0.2) is 0 Å². The zero-order chi connectivity index (χ0) is 23.8. The Bertz CT molecular complexity index is 676. The summed E-state index contributed by atoms with van der Waals surface area (Å²) >= 11 is 0. The molecule has 3 fully saturated rings. The van der Waals surface area contributed by atoms with Gasteiger partial charge in [0.1, 0.15) is 0 Å². The van der Waals surface area contributed by atoms with Crippen molar-refractivity contribution in [3.05, 3.63) is 11.6 Å². The quantitative estimate of drug-likeness (QED) is 0.314. The molecule has 4 rings (SSSR count). The van der Waals surface area contributed by atoms with Crippen molar-refractivity contribution in [3.63, 3.8) is 0 Å². The van der Waals surface area contributed by atoms with Crippen LogP contribution in [0.2, 0.25) is 0 Å². The standard InChI is InChI=1S/C32H56O/c1-22(2)9-8-10-24(5)28-13-14-29-27-12-11-25-21-26(33-20-17-23(3)4)15-18-31(25,6)30(27)16-19-32(28,29)7/h11,22-24,26-30H,8-10,12-21H2,1-7H3/t24-,26+,27-,28+,29-,30-,31-,32+/m0/s1. The van der Waals surface area contributed by atoms with E-state index in [9.17, 15) is 0 Å². The van der Waals surface area contributed by atoms with Gasteiger partial charge in [-0.05, 0) is 110 Å². The molecular formula is C32H56O. The Kier molecular flexibility index (Phi) is 8.09. The number of hydrogen-bond acceptors (Lipinski definition) is 1. The zero-order valence-corrected chi connectivity index (χ0v) is 23.3. The maximum Gasteiger partial charge on any atom is 0.0612 e. The van der Waals surface area contributed by atoms with Gasteiger partial charge in [-0.25, -0.2) is 0 Å². The third-order valence-electron chi connectivity index (χ3n) is 11.3. The van der Waals surface area contributed by atoms with E-state index in [1.54, 1.807) is 5.57 Å². The SMILES string of the molecule is CC(C)CCC[C@H](C)[C@H]1CC[C@H]2[C@@H]3CC=C4C[C@H](OCCC(C)C)CC[C@]4(C)[C@H]3CC[C@]12C. The van der Waals surface area contributed by atoms with E-state index in [0.717, 1.165) is 48.0 Å². The summed E-state index contributed by atoms with van der Waals surface area (Å²) in [5, 5.41) is 0. The molecule has 3 saturated carbocycles. The zero-order valence-electron chi connectivity index (χ0n) is 23.3.